The number of benzene rings is 1. The molecule has 18 heavy (non-hydrogen) atoms. The average Bonchev–Trinajstić information content (AvgIpc) is 2.77. The van der Waals surface area contributed by atoms with Gasteiger partial charge in [0.2, 0.25) is 5.82 Å². The summed E-state index contributed by atoms with van der Waals surface area (Å²) in [7, 11) is 0. The zero-order chi connectivity index (χ0) is 13.3. The molecular weight excluding hydrogens is 266 g/mol. The first kappa shape index (κ1) is 12.2. The topological polar surface area (TPSA) is 73.1 Å². The van der Waals surface area contributed by atoms with Crippen LogP contribution in [-0.2, 0) is 0 Å². The van der Waals surface area contributed by atoms with Crippen molar-refractivity contribution in [2.75, 3.05) is 0 Å². The van der Waals surface area contributed by atoms with Crippen LogP contribution in [0.5, 0.6) is 0 Å². The summed E-state index contributed by atoms with van der Waals surface area (Å²) in [6.07, 6.45) is 1.62. The van der Waals surface area contributed by atoms with Crippen molar-refractivity contribution in [2.45, 2.75) is 0 Å². The Labute approximate surface area is 103 Å². The highest BCUT2D eigenvalue weighted by Gasteiger charge is 2.24. The lowest BCUT2D eigenvalue weighted by atomic mass is 10.2. The van der Waals surface area contributed by atoms with Crippen LogP contribution in [0, 0.1) is 21.7 Å². The molecule has 8 heteroatoms. The molecule has 0 spiro atoms. The van der Waals surface area contributed by atoms with Gasteiger partial charge in [-0.15, -0.1) is 11.3 Å². The predicted octanol–water partition coefficient (Wildman–Crippen LogP) is 2.81. The summed E-state index contributed by atoms with van der Waals surface area (Å²) in [5, 5.41) is 10.4. The summed E-state index contributed by atoms with van der Waals surface area (Å²) in [5.74, 6) is -2.27. The molecular formula is C10H4F2N2O3S. The van der Waals surface area contributed by atoms with Gasteiger partial charge in [-0.05, 0) is 6.07 Å². The number of carbonyl (C=O) groups is 1. The van der Waals surface area contributed by atoms with E-state index in [0.29, 0.717) is 6.29 Å². The number of aromatic nitrogens is 1. The molecule has 0 fully saturated rings. The van der Waals surface area contributed by atoms with Gasteiger partial charge in [0.1, 0.15) is 10.8 Å². The van der Waals surface area contributed by atoms with Crippen LogP contribution in [0.3, 0.4) is 0 Å². The van der Waals surface area contributed by atoms with E-state index in [-0.39, 0.29) is 9.88 Å². The number of carbonyl (C=O) groups excluding carboxylic acids is 1. The molecule has 0 aliphatic carbocycles. The highest BCUT2D eigenvalue weighted by atomic mass is 32.1. The SMILES string of the molecule is O=Cc1cnc(-c2c(F)ccc([N+](=O)[O-])c2F)s1. The van der Waals surface area contributed by atoms with Crippen LogP contribution in [0.2, 0.25) is 0 Å². The number of aldehydes is 1. The second-order valence-electron chi connectivity index (χ2n) is 3.20. The summed E-state index contributed by atoms with van der Waals surface area (Å²) in [6.45, 7) is 0. The van der Waals surface area contributed by atoms with Gasteiger partial charge >= 0.3 is 5.69 Å². The van der Waals surface area contributed by atoms with E-state index in [2.05, 4.69) is 4.98 Å². The molecule has 92 valence electrons. The van der Waals surface area contributed by atoms with Crippen molar-refractivity contribution >= 4 is 23.3 Å². The minimum absolute atomic E-state index is 0.115. The van der Waals surface area contributed by atoms with Crippen LogP contribution in [0.1, 0.15) is 9.67 Å². The maximum atomic E-state index is 13.8. The van der Waals surface area contributed by atoms with Crippen molar-refractivity contribution in [2.24, 2.45) is 0 Å². The predicted molar refractivity (Wildman–Crippen MR) is 59.5 cm³/mol. The summed E-state index contributed by atoms with van der Waals surface area (Å²) in [6, 6.07) is 1.53. The fourth-order valence-corrected chi connectivity index (χ4v) is 2.11. The van der Waals surface area contributed by atoms with Crippen LogP contribution < -0.4 is 0 Å². The van der Waals surface area contributed by atoms with E-state index in [1.807, 2.05) is 0 Å². The molecule has 1 aromatic carbocycles. The molecule has 1 heterocycles. The second kappa shape index (κ2) is 4.57. The molecule has 0 atom stereocenters. The van der Waals surface area contributed by atoms with E-state index < -0.39 is 27.8 Å². The Hall–Kier alpha value is -2.22. The molecule has 0 N–H and O–H groups in total. The summed E-state index contributed by atoms with van der Waals surface area (Å²) >= 11 is 0.753. The summed E-state index contributed by atoms with van der Waals surface area (Å²) in [4.78, 5) is 23.9. The van der Waals surface area contributed by atoms with Gasteiger partial charge in [-0.1, -0.05) is 0 Å². The lowest BCUT2D eigenvalue weighted by Gasteiger charge is -2.01. The van der Waals surface area contributed by atoms with E-state index in [4.69, 9.17) is 0 Å². The van der Waals surface area contributed by atoms with E-state index >= 15 is 0 Å². The molecule has 1 aromatic heterocycles. The molecule has 0 unspecified atom stereocenters. The molecule has 0 saturated heterocycles. The van der Waals surface area contributed by atoms with Gasteiger partial charge in [0, 0.05) is 12.3 Å². The number of nitro benzene ring substituents is 1. The van der Waals surface area contributed by atoms with Gasteiger partial charge in [0.15, 0.2) is 6.29 Å². The Bertz CT molecular complexity index is 642. The number of halogens is 2. The zero-order valence-electron chi connectivity index (χ0n) is 8.59. The van der Waals surface area contributed by atoms with Crippen molar-refractivity contribution in [1.29, 1.82) is 0 Å². The zero-order valence-corrected chi connectivity index (χ0v) is 9.41. The summed E-state index contributed by atoms with van der Waals surface area (Å²) in [5.41, 5.74) is -1.43. The van der Waals surface area contributed by atoms with Gasteiger partial charge in [-0.3, -0.25) is 14.9 Å². The fourth-order valence-electron chi connectivity index (χ4n) is 1.34. The Balaban J connectivity index is 2.65. The second-order valence-corrected chi connectivity index (χ2v) is 4.26. The maximum Gasteiger partial charge on any atom is 0.305 e. The average molecular weight is 270 g/mol. The van der Waals surface area contributed by atoms with E-state index in [1.165, 1.54) is 0 Å². The molecule has 0 aliphatic rings. The fraction of sp³-hybridized carbons (Fsp3) is 0. The summed E-state index contributed by atoms with van der Waals surface area (Å²) < 4.78 is 27.3. The standard InChI is InChI=1S/C10H4F2N2O3S/c11-6-1-2-7(14(16)17)9(12)8(6)10-13-3-5(4-15)18-10/h1-4H. The highest BCUT2D eigenvalue weighted by Crippen LogP contribution is 2.33. The first-order valence-corrected chi connectivity index (χ1v) is 5.40. The molecule has 0 amide bonds. The first-order valence-electron chi connectivity index (χ1n) is 4.58. The third-order valence-electron chi connectivity index (χ3n) is 2.12. The number of nitrogens with zero attached hydrogens (tertiary/aromatic N) is 2. The molecule has 5 nitrogen and oxygen atoms in total. The lowest BCUT2D eigenvalue weighted by molar-refractivity contribution is -0.387. The Morgan fingerprint density at radius 1 is 1.39 bits per heavy atom. The Morgan fingerprint density at radius 3 is 2.67 bits per heavy atom. The Morgan fingerprint density at radius 2 is 2.11 bits per heavy atom. The molecule has 0 saturated carbocycles. The van der Waals surface area contributed by atoms with Crippen LogP contribution in [0.15, 0.2) is 18.3 Å². The van der Waals surface area contributed by atoms with Crippen molar-refractivity contribution in [3.8, 4) is 10.6 Å². The van der Waals surface area contributed by atoms with Gasteiger partial charge in [0.25, 0.3) is 0 Å². The van der Waals surface area contributed by atoms with E-state index in [0.717, 1.165) is 29.7 Å². The molecule has 2 aromatic rings. The number of hydrogen-bond acceptors (Lipinski definition) is 5. The highest BCUT2D eigenvalue weighted by molar-refractivity contribution is 7.16. The third-order valence-corrected chi connectivity index (χ3v) is 3.06. The number of nitro groups is 1. The van der Waals surface area contributed by atoms with Crippen molar-refractivity contribution in [1.82, 2.24) is 4.98 Å². The van der Waals surface area contributed by atoms with E-state index in [1.54, 1.807) is 0 Å². The van der Waals surface area contributed by atoms with Crippen molar-refractivity contribution in [3.63, 3.8) is 0 Å². The minimum atomic E-state index is -1.30. The smallest absolute Gasteiger partial charge is 0.297 e. The Kier molecular flexibility index (Phi) is 3.11. The van der Waals surface area contributed by atoms with Gasteiger partial charge < -0.3 is 0 Å². The number of rotatable bonds is 3. The van der Waals surface area contributed by atoms with Crippen molar-refractivity contribution in [3.05, 3.63) is 45.0 Å². The molecule has 2 rings (SSSR count). The van der Waals surface area contributed by atoms with Gasteiger partial charge in [-0.2, -0.15) is 4.39 Å². The minimum Gasteiger partial charge on any atom is -0.297 e. The van der Waals surface area contributed by atoms with Crippen LogP contribution in [0.4, 0.5) is 14.5 Å². The van der Waals surface area contributed by atoms with Gasteiger partial charge in [-0.25, -0.2) is 9.37 Å². The van der Waals surface area contributed by atoms with Crippen molar-refractivity contribution < 1.29 is 18.5 Å². The largest absolute Gasteiger partial charge is 0.305 e. The molecule has 0 aliphatic heterocycles. The number of hydrogen-bond donors (Lipinski definition) is 0. The third kappa shape index (κ3) is 1.97. The van der Waals surface area contributed by atoms with E-state index in [9.17, 15) is 23.7 Å². The van der Waals surface area contributed by atoms with Crippen LogP contribution in [0.25, 0.3) is 10.6 Å². The maximum absolute atomic E-state index is 13.8. The first-order chi connectivity index (χ1) is 8.54. The monoisotopic (exact) mass is 270 g/mol. The molecule has 0 radical (unpaired) electrons. The van der Waals surface area contributed by atoms with Crippen LogP contribution >= 0.6 is 11.3 Å². The lowest BCUT2D eigenvalue weighted by Crippen LogP contribution is -1.97. The van der Waals surface area contributed by atoms with Crippen LogP contribution in [-0.4, -0.2) is 16.2 Å². The number of thiazole rings is 1. The van der Waals surface area contributed by atoms with Gasteiger partial charge in [0.05, 0.1) is 15.4 Å². The quantitative estimate of drug-likeness (QED) is 0.488. The molecule has 0 bridgehead atoms. The normalized spacial score (nSPS) is 10.3.